The monoisotopic (exact) mass is 451 g/mol. The Kier molecular flexibility index (Phi) is 9.98. The van der Waals surface area contributed by atoms with Crippen molar-refractivity contribution in [2.75, 3.05) is 33.4 Å². The lowest BCUT2D eigenvalue weighted by Gasteiger charge is -2.14. The van der Waals surface area contributed by atoms with E-state index in [1.165, 1.54) is 52.0 Å². The first kappa shape index (κ1) is 26.4. The summed E-state index contributed by atoms with van der Waals surface area (Å²) in [4.78, 5) is 4.94. The minimum absolute atomic E-state index is 0.493. The molecule has 0 unspecified atom stereocenters. The van der Waals surface area contributed by atoms with Crippen LogP contribution in [0.3, 0.4) is 0 Å². The van der Waals surface area contributed by atoms with Gasteiger partial charge in [0.1, 0.15) is 0 Å². The van der Waals surface area contributed by atoms with Crippen LogP contribution in [0.15, 0.2) is 0 Å². The van der Waals surface area contributed by atoms with Crippen LogP contribution in [0.5, 0.6) is 0 Å². The SMILES string of the molecule is CCCCCCN1CCN(C)C1.O=S(=O)(NS(=O)(=O)C(F)(F)F)C(F)(F)F. The third-order valence-electron chi connectivity index (χ3n) is 3.40. The molecule has 1 fully saturated rings. The maximum atomic E-state index is 11.5. The molecule has 1 aliphatic heterocycles. The van der Waals surface area contributed by atoms with Gasteiger partial charge in [0.05, 0.1) is 6.67 Å². The highest BCUT2D eigenvalue weighted by Crippen LogP contribution is 2.27. The molecule has 1 saturated heterocycles. The molecule has 0 aromatic rings. The van der Waals surface area contributed by atoms with E-state index in [0.29, 0.717) is 0 Å². The van der Waals surface area contributed by atoms with Crippen molar-refractivity contribution in [1.29, 1.82) is 0 Å². The van der Waals surface area contributed by atoms with E-state index in [-0.39, 0.29) is 0 Å². The summed E-state index contributed by atoms with van der Waals surface area (Å²) in [5, 5.41) is 0. The van der Waals surface area contributed by atoms with E-state index in [1.54, 1.807) is 0 Å². The quantitative estimate of drug-likeness (QED) is 0.471. The van der Waals surface area contributed by atoms with E-state index in [0.717, 1.165) is 0 Å². The fourth-order valence-electron chi connectivity index (χ4n) is 1.98. The summed E-state index contributed by atoms with van der Waals surface area (Å²) in [5.74, 6) is 0. The number of likely N-dealkylation sites (N-methyl/N-ethyl adjacent to an activating group) is 1. The lowest BCUT2D eigenvalue weighted by Crippen LogP contribution is -2.45. The number of nitrogens with one attached hydrogen (secondary N) is 1. The fourth-order valence-corrected chi connectivity index (χ4v) is 3.89. The molecule has 0 saturated carbocycles. The van der Waals surface area contributed by atoms with Crippen molar-refractivity contribution in [2.24, 2.45) is 0 Å². The summed E-state index contributed by atoms with van der Waals surface area (Å²) >= 11 is 0. The highest BCUT2D eigenvalue weighted by atomic mass is 32.3. The standard InChI is InChI=1S/C10H22N2.C2HF6NO4S2/c1-3-4-5-6-7-12-9-8-11(2)10-12;3-1(4,5)14(10,11)9-15(12,13)2(6,7)8/h3-10H2,1-2H3;9H. The molecule has 0 aliphatic carbocycles. The second-order valence-corrected chi connectivity index (χ2v) is 9.49. The van der Waals surface area contributed by atoms with Crippen LogP contribution in [0, 0.1) is 0 Å². The number of halogens is 6. The van der Waals surface area contributed by atoms with Crippen LogP contribution in [0.1, 0.15) is 32.6 Å². The van der Waals surface area contributed by atoms with Gasteiger partial charge in [-0.2, -0.15) is 26.3 Å². The van der Waals surface area contributed by atoms with E-state index in [1.807, 2.05) is 0 Å². The highest BCUT2D eigenvalue weighted by molar-refractivity contribution is 8.05. The molecular weight excluding hydrogens is 428 g/mol. The first-order valence-corrected chi connectivity index (χ1v) is 10.8. The third-order valence-corrected chi connectivity index (χ3v) is 6.37. The molecule has 1 aliphatic rings. The van der Waals surface area contributed by atoms with E-state index in [9.17, 15) is 43.2 Å². The second-order valence-electron chi connectivity index (χ2n) is 5.88. The van der Waals surface area contributed by atoms with Crippen LogP contribution >= 0.6 is 0 Å². The molecular formula is C12H23F6N3O4S2. The Balaban J connectivity index is 0.000000511. The van der Waals surface area contributed by atoms with Gasteiger partial charge in [0.15, 0.2) is 0 Å². The number of rotatable bonds is 7. The number of sulfonamides is 2. The van der Waals surface area contributed by atoms with Crippen LogP contribution in [0.2, 0.25) is 0 Å². The summed E-state index contributed by atoms with van der Waals surface area (Å²) < 4.78 is 108. The Morgan fingerprint density at radius 1 is 0.852 bits per heavy atom. The van der Waals surface area contributed by atoms with Crippen LogP contribution in [0.4, 0.5) is 26.3 Å². The Morgan fingerprint density at radius 3 is 1.67 bits per heavy atom. The zero-order valence-corrected chi connectivity index (χ0v) is 16.4. The minimum atomic E-state index is -6.60. The van der Waals surface area contributed by atoms with Gasteiger partial charge < -0.3 is 0 Å². The van der Waals surface area contributed by atoms with Gasteiger partial charge in [0.2, 0.25) is 0 Å². The van der Waals surface area contributed by atoms with Gasteiger partial charge in [0.25, 0.3) is 0 Å². The molecule has 15 heteroatoms. The van der Waals surface area contributed by atoms with Crippen molar-refractivity contribution in [3.63, 3.8) is 0 Å². The Labute approximate surface area is 154 Å². The molecule has 164 valence electrons. The normalized spacial score (nSPS) is 17.6. The maximum Gasteiger partial charge on any atom is 0.512 e. The zero-order chi connectivity index (χ0) is 21.5. The molecule has 1 N–H and O–H groups in total. The fraction of sp³-hybridized carbons (Fsp3) is 1.00. The van der Waals surface area contributed by atoms with Gasteiger partial charge in [-0.05, 0) is 20.0 Å². The van der Waals surface area contributed by atoms with Crippen LogP contribution < -0.4 is 4.13 Å². The average Bonchev–Trinajstić information content (AvgIpc) is 2.86. The predicted molar refractivity (Wildman–Crippen MR) is 86.3 cm³/mol. The summed E-state index contributed by atoms with van der Waals surface area (Å²) in [7, 11) is -11.0. The molecule has 27 heavy (non-hydrogen) atoms. The zero-order valence-electron chi connectivity index (χ0n) is 14.8. The van der Waals surface area contributed by atoms with Gasteiger partial charge >= 0.3 is 31.1 Å². The lowest BCUT2D eigenvalue weighted by molar-refractivity contribution is -0.0476. The molecule has 1 heterocycles. The van der Waals surface area contributed by atoms with Crippen molar-refractivity contribution in [1.82, 2.24) is 13.9 Å². The van der Waals surface area contributed by atoms with Crippen molar-refractivity contribution in [2.45, 2.75) is 43.6 Å². The molecule has 0 aromatic carbocycles. The molecule has 0 amide bonds. The molecule has 0 spiro atoms. The topological polar surface area (TPSA) is 86.8 Å². The molecule has 0 aromatic heterocycles. The Morgan fingerprint density at radius 2 is 1.33 bits per heavy atom. The maximum absolute atomic E-state index is 11.5. The van der Waals surface area contributed by atoms with Gasteiger partial charge in [-0.25, -0.2) is 16.8 Å². The van der Waals surface area contributed by atoms with Gasteiger partial charge in [0, 0.05) is 13.1 Å². The summed E-state index contributed by atoms with van der Waals surface area (Å²) in [6.07, 6.45) is 5.56. The highest BCUT2D eigenvalue weighted by Gasteiger charge is 2.55. The number of unbranched alkanes of at least 4 members (excludes halogenated alkanes) is 3. The van der Waals surface area contributed by atoms with Crippen molar-refractivity contribution < 1.29 is 43.2 Å². The molecule has 7 nitrogen and oxygen atoms in total. The van der Waals surface area contributed by atoms with Gasteiger partial charge in [-0.15, -0.1) is 0 Å². The van der Waals surface area contributed by atoms with Gasteiger partial charge in [-0.1, -0.05) is 30.3 Å². The van der Waals surface area contributed by atoms with E-state index < -0.39 is 35.2 Å². The van der Waals surface area contributed by atoms with Crippen molar-refractivity contribution in [3.05, 3.63) is 0 Å². The first-order valence-electron chi connectivity index (χ1n) is 7.85. The summed E-state index contributed by atoms with van der Waals surface area (Å²) in [5.41, 5.74) is -12.3. The lowest BCUT2D eigenvalue weighted by atomic mass is 10.2. The van der Waals surface area contributed by atoms with Crippen molar-refractivity contribution in [3.8, 4) is 0 Å². The second kappa shape index (κ2) is 10.2. The minimum Gasteiger partial charge on any atom is -0.292 e. The number of hydrogen-bond acceptors (Lipinski definition) is 6. The summed E-state index contributed by atoms with van der Waals surface area (Å²) in [6.45, 7) is 7.30. The molecule has 0 radical (unpaired) electrons. The van der Waals surface area contributed by atoms with Crippen LogP contribution in [-0.4, -0.2) is 71.0 Å². The largest absolute Gasteiger partial charge is 0.512 e. The Bertz CT molecular complexity index is 607. The van der Waals surface area contributed by atoms with E-state index in [4.69, 9.17) is 0 Å². The molecule has 1 rings (SSSR count). The molecule has 0 atom stereocenters. The summed E-state index contributed by atoms with van der Waals surface area (Å²) in [6, 6.07) is 0. The van der Waals surface area contributed by atoms with Gasteiger partial charge in [-0.3, -0.25) is 9.80 Å². The van der Waals surface area contributed by atoms with Crippen LogP contribution in [-0.2, 0) is 20.0 Å². The number of alkyl halides is 6. The average molecular weight is 451 g/mol. The third kappa shape index (κ3) is 9.40. The number of hydrogen-bond donors (Lipinski definition) is 1. The molecule has 0 bridgehead atoms. The van der Waals surface area contributed by atoms with Crippen molar-refractivity contribution >= 4 is 20.0 Å². The predicted octanol–water partition coefficient (Wildman–Crippen LogP) is 2.05. The first-order chi connectivity index (χ1) is 12.0. The smallest absolute Gasteiger partial charge is 0.292 e. The van der Waals surface area contributed by atoms with Crippen LogP contribution in [0.25, 0.3) is 0 Å². The van der Waals surface area contributed by atoms with E-state index >= 15 is 0 Å². The number of nitrogens with zero attached hydrogens (tertiary/aromatic N) is 2. The Hall–Kier alpha value is -0.640. The van der Waals surface area contributed by atoms with E-state index in [2.05, 4.69) is 23.8 Å².